The first-order valence-corrected chi connectivity index (χ1v) is 11.9. The third-order valence-corrected chi connectivity index (χ3v) is 7.48. The number of rotatable bonds is 4. The van der Waals surface area contributed by atoms with Gasteiger partial charge < -0.3 is 20.2 Å². The van der Waals surface area contributed by atoms with E-state index in [0.29, 0.717) is 17.8 Å². The van der Waals surface area contributed by atoms with E-state index < -0.39 is 0 Å². The summed E-state index contributed by atoms with van der Waals surface area (Å²) in [4.78, 5) is 29.8. The molecule has 0 bridgehead atoms. The number of amides is 2. The van der Waals surface area contributed by atoms with Crippen LogP contribution in [0.2, 0.25) is 0 Å². The predicted octanol–water partition coefficient (Wildman–Crippen LogP) is 3.28. The SMILES string of the molecule is CC(C)C(=O)Nc1ccc(N2CCC[C@@]3(CCN(C4CCC(O)CC4)C3=O)C2)c(C#N)c1. The highest BCUT2D eigenvalue weighted by Crippen LogP contribution is 2.44. The Bertz CT molecular complexity index is 916. The summed E-state index contributed by atoms with van der Waals surface area (Å²) in [5.41, 5.74) is 1.60. The van der Waals surface area contributed by atoms with E-state index in [0.717, 1.165) is 63.7 Å². The quantitative estimate of drug-likeness (QED) is 0.752. The van der Waals surface area contributed by atoms with E-state index >= 15 is 0 Å². The van der Waals surface area contributed by atoms with Gasteiger partial charge in [-0.05, 0) is 63.1 Å². The second kappa shape index (κ2) is 9.11. The molecule has 1 aliphatic carbocycles. The molecule has 32 heavy (non-hydrogen) atoms. The van der Waals surface area contributed by atoms with Crippen LogP contribution >= 0.6 is 0 Å². The Hall–Kier alpha value is -2.59. The molecule has 4 rings (SSSR count). The van der Waals surface area contributed by atoms with Crippen LogP contribution in [-0.2, 0) is 9.59 Å². The minimum absolute atomic E-state index is 0.0783. The van der Waals surface area contributed by atoms with Crippen molar-refractivity contribution < 1.29 is 14.7 Å². The lowest BCUT2D eigenvalue weighted by atomic mass is 9.78. The molecular weight excluding hydrogens is 404 g/mol. The second-order valence-electron chi connectivity index (χ2n) is 10.0. The standard InChI is InChI=1S/C25H34N4O3/c1-17(2)23(31)27-19-4-9-22(18(14-19)15-26)28-12-3-10-25(16-28)11-13-29(24(25)32)20-5-7-21(30)8-6-20/h4,9,14,17,20-21,30H,3,5-8,10-13,16H2,1-2H3,(H,27,31)/t20?,21?,25-/m1/s1. The smallest absolute Gasteiger partial charge is 0.230 e. The molecule has 172 valence electrons. The van der Waals surface area contributed by atoms with Crippen molar-refractivity contribution >= 4 is 23.2 Å². The summed E-state index contributed by atoms with van der Waals surface area (Å²) in [6.45, 7) is 5.90. The molecule has 1 aromatic rings. The summed E-state index contributed by atoms with van der Waals surface area (Å²) >= 11 is 0. The highest BCUT2D eigenvalue weighted by Gasteiger charge is 2.50. The maximum absolute atomic E-state index is 13.6. The van der Waals surface area contributed by atoms with Crippen LogP contribution in [0.3, 0.4) is 0 Å². The number of benzene rings is 1. The Balaban J connectivity index is 1.50. The molecule has 0 unspecified atom stereocenters. The Morgan fingerprint density at radius 1 is 1.22 bits per heavy atom. The summed E-state index contributed by atoms with van der Waals surface area (Å²) in [7, 11) is 0. The minimum atomic E-state index is -0.383. The maximum atomic E-state index is 13.6. The summed E-state index contributed by atoms with van der Waals surface area (Å²) < 4.78 is 0. The average Bonchev–Trinajstić information content (AvgIpc) is 3.09. The van der Waals surface area contributed by atoms with Crippen LogP contribution in [0.4, 0.5) is 11.4 Å². The molecule has 0 aromatic heterocycles. The van der Waals surface area contributed by atoms with Gasteiger partial charge in [-0.15, -0.1) is 0 Å². The van der Waals surface area contributed by atoms with Gasteiger partial charge in [0.15, 0.2) is 0 Å². The van der Waals surface area contributed by atoms with E-state index in [1.165, 1.54) is 0 Å². The monoisotopic (exact) mass is 438 g/mol. The lowest BCUT2D eigenvalue weighted by Gasteiger charge is -2.41. The first-order chi connectivity index (χ1) is 15.3. The Morgan fingerprint density at radius 3 is 2.66 bits per heavy atom. The molecule has 2 aliphatic heterocycles. The fourth-order valence-electron chi connectivity index (χ4n) is 5.55. The zero-order chi connectivity index (χ0) is 22.9. The number of hydrogen-bond donors (Lipinski definition) is 2. The first kappa shape index (κ1) is 22.6. The molecule has 2 N–H and O–H groups in total. The Morgan fingerprint density at radius 2 is 1.97 bits per heavy atom. The maximum Gasteiger partial charge on any atom is 0.230 e. The van der Waals surface area contributed by atoms with Gasteiger partial charge in [0.05, 0.1) is 22.8 Å². The van der Waals surface area contributed by atoms with Crippen molar-refractivity contribution in [3.8, 4) is 6.07 Å². The van der Waals surface area contributed by atoms with Crippen molar-refractivity contribution in [2.75, 3.05) is 29.9 Å². The molecule has 1 atom stereocenters. The zero-order valence-corrected chi connectivity index (χ0v) is 19.1. The summed E-state index contributed by atoms with van der Waals surface area (Å²) in [5, 5.41) is 22.5. The Kier molecular flexibility index (Phi) is 6.43. The number of carbonyl (C=O) groups excluding carboxylic acids is 2. The number of carbonyl (C=O) groups is 2. The fourth-order valence-corrected chi connectivity index (χ4v) is 5.55. The van der Waals surface area contributed by atoms with E-state index in [2.05, 4.69) is 21.2 Å². The predicted molar refractivity (Wildman–Crippen MR) is 123 cm³/mol. The molecule has 2 heterocycles. The van der Waals surface area contributed by atoms with Crippen LogP contribution in [-0.4, -0.2) is 53.6 Å². The van der Waals surface area contributed by atoms with Crippen LogP contribution in [0.25, 0.3) is 0 Å². The highest BCUT2D eigenvalue weighted by molar-refractivity contribution is 5.92. The van der Waals surface area contributed by atoms with Crippen LogP contribution < -0.4 is 10.2 Å². The van der Waals surface area contributed by atoms with Gasteiger partial charge in [-0.3, -0.25) is 9.59 Å². The van der Waals surface area contributed by atoms with Crippen molar-refractivity contribution in [3.05, 3.63) is 23.8 Å². The minimum Gasteiger partial charge on any atom is -0.393 e. The van der Waals surface area contributed by atoms with E-state index in [1.807, 2.05) is 26.0 Å². The zero-order valence-electron chi connectivity index (χ0n) is 19.1. The highest BCUT2D eigenvalue weighted by atomic mass is 16.3. The molecule has 2 amide bonds. The number of aliphatic hydroxyl groups excluding tert-OH is 1. The topological polar surface area (TPSA) is 96.7 Å². The van der Waals surface area contributed by atoms with Crippen molar-refractivity contribution in [1.29, 1.82) is 5.26 Å². The van der Waals surface area contributed by atoms with E-state index in [1.54, 1.807) is 6.07 Å². The Labute approximate surface area is 190 Å². The van der Waals surface area contributed by atoms with Crippen LogP contribution in [0.5, 0.6) is 0 Å². The van der Waals surface area contributed by atoms with E-state index in [-0.39, 0.29) is 35.3 Å². The number of hydrogen-bond acceptors (Lipinski definition) is 5. The number of piperidine rings is 1. The van der Waals surface area contributed by atoms with Crippen molar-refractivity contribution in [2.24, 2.45) is 11.3 Å². The van der Waals surface area contributed by atoms with Gasteiger partial charge in [-0.2, -0.15) is 5.26 Å². The summed E-state index contributed by atoms with van der Waals surface area (Å²) in [6, 6.07) is 7.99. The number of anilines is 2. The summed E-state index contributed by atoms with van der Waals surface area (Å²) in [5.74, 6) is 0.0410. The van der Waals surface area contributed by atoms with E-state index in [9.17, 15) is 20.0 Å². The summed E-state index contributed by atoms with van der Waals surface area (Å²) in [6.07, 6.45) is 5.76. The molecule has 7 nitrogen and oxygen atoms in total. The largest absolute Gasteiger partial charge is 0.393 e. The van der Waals surface area contributed by atoms with Gasteiger partial charge in [-0.1, -0.05) is 13.8 Å². The molecule has 1 aromatic carbocycles. The molecule has 2 saturated heterocycles. The number of aliphatic hydroxyl groups is 1. The molecule has 1 saturated carbocycles. The van der Waals surface area contributed by atoms with Gasteiger partial charge in [-0.25, -0.2) is 0 Å². The van der Waals surface area contributed by atoms with Gasteiger partial charge in [0.1, 0.15) is 6.07 Å². The fraction of sp³-hybridized carbons (Fsp3) is 0.640. The third-order valence-electron chi connectivity index (χ3n) is 7.48. The second-order valence-corrected chi connectivity index (χ2v) is 10.0. The van der Waals surface area contributed by atoms with Gasteiger partial charge in [0, 0.05) is 37.3 Å². The number of nitriles is 1. The molecular formula is C25H34N4O3. The first-order valence-electron chi connectivity index (χ1n) is 11.9. The molecule has 3 aliphatic rings. The van der Waals surface area contributed by atoms with E-state index in [4.69, 9.17) is 0 Å². The number of likely N-dealkylation sites (tertiary alicyclic amines) is 1. The normalized spacial score (nSPS) is 28.3. The lowest BCUT2D eigenvalue weighted by Crippen LogP contribution is -2.50. The van der Waals surface area contributed by atoms with Crippen LogP contribution in [0, 0.1) is 22.7 Å². The lowest BCUT2D eigenvalue weighted by molar-refractivity contribution is -0.139. The van der Waals surface area contributed by atoms with Gasteiger partial charge >= 0.3 is 0 Å². The molecule has 0 radical (unpaired) electrons. The van der Waals surface area contributed by atoms with Gasteiger partial charge in [0.2, 0.25) is 11.8 Å². The van der Waals surface area contributed by atoms with Gasteiger partial charge in [0.25, 0.3) is 0 Å². The average molecular weight is 439 g/mol. The molecule has 7 heteroatoms. The molecule has 3 fully saturated rings. The number of nitrogens with one attached hydrogen (secondary N) is 1. The van der Waals surface area contributed by atoms with Crippen molar-refractivity contribution in [2.45, 2.75) is 70.9 Å². The molecule has 1 spiro atoms. The number of nitrogens with zero attached hydrogens (tertiary/aromatic N) is 3. The third kappa shape index (κ3) is 4.33. The van der Waals surface area contributed by atoms with Crippen molar-refractivity contribution in [3.63, 3.8) is 0 Å². The van der Waals surface area contributed by atoms with Crippen molar-refractivity contribution in [1.82, 2.24) is 4.90 Å². The van der Waals surface area contributed by atoms with Crippen LogP contribution in [0.15, 0.2) is 18.2 Å². The van der Waals surface area contributed by atoms with Crippen LogP contribution in [0.1, 0.15) is 64.4 Å².